The molecule has 1 heterocycles. The van der Waals surface area contributed by atoms with Crippen LogP contribution < -0.4 is 4.65 Å². The molecule has 2 aliphatic rings. The van der Waals surface area contributed by atoms with Crippen LogP contribution in [0.5, 0.6) is 0 Å². The van der Waals surface area contributed by atoms with E-state index in [2.05, 4.69) is 0 Å². The number of hydrogen-bond donors (Lipinski definition) is 0. The number of carbonyl (C=O) groups is 1. The lowest BCUT2D eigenvalue weighted by Gasteiger charge is -2.23. The minimum atomic E-state index is -0.287. The van der Waals surface area contributed by atoms with Gasteiger partial charge in [-0.15, -0.1) is 0 Å². The minimum Gasteiger partial charge on any atom is -0.627 e. The Labute approximate surface area is 104 Å². The van der Waals surface area contributed by atoms with Gasteiger partial charge >= 0.3 is 0 Å². The second-order valence-electron chi connectivity index (χ2n) is 4.91. The molecule has 1 saturated heterocycles. The van der Waals surface area contributed by atoms with E-state index >= 15 is 0 Å². The highest BCUT2D eigenvalue weighted by atomic mass is 16.6. The molecule has 18 heavy (non-hydrogen) atoms. The summed E-state index contributed by atoms with van der Waals surface area (Å²) in [5.41, 5.74) is 3.90. The van der Waals surface area contributed by atoms with E-state index in [0.717, 1.165) is 16.8 Å². The molecule has 2 aromatic rings. The number of carbonyl (C=O) groups excluding carboxylic acids is 1. The average molecular weight is 237 g/mol. The maximum atomic E-state index is 12.3. The van der Waals surface area contributed by atoms with Crippen LogP contribution in [0.3, 0.4) is 0 Å². The van der Waals surface area contributed by atoms with Crippen LogP contribution in [0.1, 0.15) is 15.9 Å². The molecule has 3 nitrogen and oxygen atoms in total. The molecule has 0 amide bonds. The molecule has 2 aromatic carbocycles. The van der Waals surface area contributed by atoms with E-state index in [1.165, 1.54) is 0 Å². The molecule has 0 unspecified atom stereocenters. The highest BCUT2D eigenvalue weighted by molar-refractivity contribution is 6.23. The molecule has 0 N–H and O–H groups in total. The fourth-order valence-electron chi connectivity index (χ4n) is 2.73. The quantitative estimate of drug-likeness (QED) is 0.371. The Morgan fingerprint density at radius 2 is 1.56 bits per heavy atom. The van der Waals surface area contributed by atoms with E-state index in [1.807, 2.05) is 42.5 Å². The van der Waals surface area contributed by atoms with Gasteiger partial charge in [0.25, 0.3) is 0 Å². The fourth-order valence-corrected chi connectivity index (χ4v) is 2.73. The lowest BCUT2D eigenvalue weighted by molar-refractivity contribution is 0.104. The highest BCUT2D eigenvalue weighted by Crippen LogP contribution is 2.46. The number of nitrogens with zero attached hydrogens (tertiary/aromatic N) is 1. The van der Waals surface area contributed by atoms with E-state index in [0.29, 0.717) is 24.2 Å². The third-order valence-corrected chi connectivity index (χ3v) is 3.80. The maximum Gasteiger partial charge on any atom is 0.194 e. The third-order valence-electron chi connectivity index (χ3n) is 3.80. The first-order valence-electron chi connectivity index (χ1n) is 6.06. The summed E-state index contributed by atoms with van der Waals surface area (Å²) in [6.45, 7) is 1.24. The second kappa shape index (κ2) is 3.07. The van der Waals surface area contributed by atoms with E-state index < -0.39 is 0 Å². The van der Waals surface area contributed by atoms with Gasteiger partial charge in [0.2, 0.25) is 0 Å². The lowest BCUT2D eigenvalue weighted by atomic mass is 10.0. The molecule has 1 aliphatic heterocycles. The monoisotopic (exact) mass is 237 g/mol. The topological polar surface area (TPSA) is 40.1 Å². The summed E-state index contributed by atoms with van der Waals surface area (Å²) in [5, 5.41) is 12.3. The Hall–Kier alpha value is -1.97. The van der Waals surface area contributed by atoms with Gasteiger partial charge in [0.15, 0.2) is 5.78 Å². The minimum absolute atomic E-state index is 0.0379. The average Bonchev–Trinajstić information content (AvgIpc) is 3.09. The van der Waals surface area contributed by atoms with Crippen molar-refractivity contribution in [1.29, 1.82) is 0 Å². The molecule has 1 aliphatic carbocycles. The molecule has 4 rings (SSSR count). The summed E-state index contributed by atoms with van der Waals surface area (Å²) in [6.07, 6.45) is 0. The molecule has 0 spiro atoms. The Morgan fingerprint density at radius 1 is 0.889 bits per heavy atom. The van der Waals surface area contributed by atoms with Gasteiger partial charge in [-0.25, -0.2) is 0 Å². The molecule has 1 fully saturated rings. The van der Waals surface area contributed by atoms with Crippen molar-refractivity contribution >= 4 is 11.5 Å². The van der Waals surface area contributed by atoms with Crippen molar-refractivity contribution in [2.24, 2.45) is 0 Å². The first-order valence-corrected chi connectivity index (χ1v) is 6.06. The number of rotatable bonds is 1. The van der Waals surface area contributed by atoms with Crippen LogP contribution in [0.15, 0.2) is 42.5 Å². The van der Waals surface area contributed by atoms with Crippen molar-refractivity contribution in [2.75, 3.05) is 13.1 Å². The number of fused-ring (bicyclic) bond motifs is 3. The zero-order chi connectivity index (χ0) is 12.3. The number of ketones is 1. The Balaban J connectivity index is 2.08. The van der Waals surface area contributed by atoms with E-state index in [4.69, 9.17) is 0 Å². The molecule has 88 valence electrons. The largest absolute Gasteiger partial charge is 0.627 e. The summed E-state index contributed by atoms with van der Waals surface area (Å²) in [6, 6.07) is 13.0. The molecule has 0 aromatic heterocycles. The first kappa shape index (κ1) is 10.00. The van der Waals surface area contributed by atoms with Crippen LogP contribution in [-0.4, -0.2) is 18.9 Å². The SMILES string of the molecule is O=C1c2ccccc2-c2c1cccc2[N+]1([O-])CC1. The van der Waals surface area contributed by atoms with Crippen molar-refractivity contribution in [2.45, 2.75) is 0 Å². The molecule has 0 radical (unpaired) electrons. The van der Waals surface area contributed by atoms with Crippen LogP contribution in [-0.2, 0) is 0 Å². The first-order chi connectivity index (χ1) is 8.71. The van der Waals surface area contributed by atoms with Crippen molar-refractivity contribution in [3.05, 3.63) is 58.8 Å². The number of quaternary nitrogens is 1. The Bertz CT molecular complexity index is 687. The lowest BCUT2D eigenvalue weighted by Crippen LogP contribution is -2.16. The van der Waals surface area contributed by atoms with Gasteiger partial charge < -0.3 is 9.85 Å². The van der Waals surface area contributed by atoms with Gasteiger partial charge in [0, 0.05) is 17.2 Å². The standard InChI is InChI=1S/C15H11NO2/c17-15-11-5-2-1-4-10(11)14-12(15)6-3-7-13(14)16(18)8-9-16/h1-7H,8-9H2. The zero-order valence-corrected chi connectivity index (χ0v) is 9.72. The maximum absolute atomic E-state index is 12.3. The summed E-state index contributed by atoms with van der Waals surface area (Å²) < 4.78 is -0.287. The number of hydroxylamine groups is 2. The highest BCUT2D eigenvalue weighted by Gasteiger charge is 2.41. The van der Waals surface area contributed by atoms with Gasteiger partial charge in [-0.05, 0) is 11.6 Å². The smallest absolute Gasteiger partial charge is 0.194 e. The summed E-state index contributed by atoms with van der Waals surface area (Å²) >= 11 is 0. The zero-order valence-electron chi connectivity index (χ0n) is 9.72. The van der Waals surface area contributed by atoms with Crippen LogP contribution in [0, 0.1) is 5.21 Å². The predicted octanol–water partition coefficient (Wildman–Crippen LogP) is 2.72. The van der Waals surface area contributed by atoms with Crippen LogP contribution in [0.25, 0.3) is 11.1 Å². The predicted molar refractivity (Wildman–Crippen MR) is 70.2 cm³/mol. The number of benzene rings is 2. The van der Waals surface area contributed by atoms with Gasteiger partial charge in [0.1, 0.15) is 18.8 Å². The number of hydrogen-bond acceptors (Lipinski definition) is 2. The fraction of sp³-hybridized carbons (Fsp3) is 0.133. The molecule has 0 bridgehead atoms. The van der Waals surface area contributed by atoms with E-state index in [9.17, 15) is 10.0 Å². The summed E-state index contributed by atoms with van der Waals surface area (Å²) in [7, 11) is 0. The molecular weight excluding hydrogens is 226 g/mol. The normalized spacial score (nSPS) is 18.4. The van der Waals surface area contributed by atoms with Crippen molar-refractivity contribution in [3.8, 4) is 11.1 Å². The van der Waals surface area contributed by atoms with Gasteiger partial charge in [0.05, 0.1) is 5.56 Å². The van der Waals surface area contributed by atoms with Crippen molar-refractivity contribution < 1.29 is 4.79 Å². The second-order valence-corrected chi connectivity index (χ2v) is 4.91. The van der Waals surface area contributed by atoms with E-state index in [-0.39, 0.29) is 10.4 Å². The van der Waals surface area contributed by atoms with Crippen molar-refractivity contribution in [1.82, 2.24) is 4.65 Å². The summed E-state index contributed by atoms with van der Waals surface area (Å²) in [4.78, 5) is 12.3. The van der Waals surface area contributed by atoms with Crippen LogP contribution in [0.4, 0.5) is 5.69 Å². The van der Waals surface area contributed by atoms with Crippen LogP contribution in [0.2, 0.25) is 0 Å². The molecule has 0 atom stereocenters. The third kappa shape index (κ3) is 1.12. The molecular formula is C15H11NO2. The van der Waals surface area contributed by atoms with Crippen LogP contribution >= 0.6 is 0 Å². The van der Waals surface area contributed by atoms with Gasteiger partial charge in [-0.1, -0.05) is 30.3 Å². The molecule has 0 saturated carbocycles. The molecule has 3 heteroatoms. The Morgan fingerprint density at radius 3 is 2.28 bits per heavy atom. The van der Waals surface area contributed by atoms with E-state index in [1.54, 1.807) is 0 Å². The Kier molecular flexibility index (Phi) is 1.71. The van der Waals surface area contributed by atoms with Gasteiger partial charge in [-0.3, -0.25) is 4.79 Å². The van der Waals surface area contributed by atoms with Crippen molar-refractivity contribution in [3.63, 3.8) is 0 Å². The van der Waals surface area contributed by atoms with Gasteiger partial charge in [-0.2, -0.15) is 0 Å². The summed E-state index contributed by atoms with van der Waals surface area (Å²) in [5.74, 6) is 0.0379.